The fourth-order valence-corrected chi connectivity index (χ4v) is 5.36. The molecule has 1 N–H and O–H groups in total. The maximum absolute atomic E-state index is 13.5. The van der Waals surface area contributed by atoms with Crippen LogP contribution in [-0.2, 0) is 19.2 Å². The summed E-state index contributed by atoms with van der Waals surface area (Å²) in [5.41, 5.74) is 3.20. The highest BCUT2D eigenvalue weighted by Gasteiger charge is 2.54. The van der Waals surface area contributed by atoms with Crippen molar-refractivity contribution in [2.24, 2.45) is 0 Å². The molecule has 6 rings (SSSR count). The predicted molar refractivity (Wildman–Crippen MR) is 109 cm³/mol. The van der Waals surface area contributed by atoms with Crippen LogP contribution in [0.2, 0.25) is 0 Å². The van der Waals surface area contributed by atoms with Crippen molar-refractivity contribution in [1.29, 1.82) is 0 Å². The van der Waals surface area contributed by atoms with Gasteiger partial charge in [-0.1, -0.05) is 31.2 Å². The van der Waals surface area contributed by atoms with Crippen LogP contribution in [0, 0.1) is 0 Å². The Hall–Kier alpha value is -2.86. The summed E-state index contributed by atoms with van der Waals surface area (Å²) in [5, 5.41) is 3.06. The van der Waals surface area contributed by atoms with Crippen molar-refractivity contribution in [2.75, 3.05) is 6.54 Å². The van der Waals surface area contributed by atoms with Gasteiger partial charge in [-0.3, -0.25) is 19.2 Å². The molecule has 144 valence electrons. The Morgan fingerprint density at radius 2 is 1.34 bits per heavy atom. The monoisotopic (exact) mass is 449 g/mol. The van der Waals surface area contributed by atoms with Crippen LogP contribution in [0.1, 0.15) is 36.3 Å². The number of nitrogens with one attached hydrogen (secondary N) is 1. The zero-order chi connectivity index (χ0) is 20.4. The summed E-state index contributed by atoms with van der Waals surface area (Å²) in [6.07, 6.45) is 3.32. The molecule has 0 fully saturated rings. The van der Waals surface area contributed by atoms with Gasteiger partial charge in [0.25, 0.3) is 0 Å². The summed E-state index contributed by atoms with van der Waals surface area (Å²) in [6.45, 7) is 2.51. The van der Waals surface area contributed by atoms with Gasteiger partial charge in [-0.15, -0.1) is 0 Å². The molecule has 5 aliphatic carbocycles. The SMILES string of the molecule is CCCNC1=C(Br)C(=O)C2=C(C1=O)C1C3=C(C(=O)C=CC3=O)C2c2ccccc21. The first kappa shape index (κ1) is 18.2. The number of allylic oxidation sites excluding steroid dienone is 7. The van der Waals surface area contributed by atoms with Crippen LogP contribution in [0.15, 0.2) is 68.9 Å². The van der Waals surface area contributed by atoms with Gasteiger partial charge in [0.15, 0.2) is 17.3 Å². The van der Waals surface area contributed by atoms with Crippen LogP contribution in [0.25, 0.3) is 0 Å². The number of hydrogen-bond donors (Lipinski definition) is 1. The first-order chi connectivity index (χ1) is 14.0. The third-order valence-electron chi connectivity index (χ3n) is 5.96. The van der Waals surface area contributed by atoms with Crippen molar-refractivity contribution < 1.29 is 19.2 Å². The summed E-state index contributed by atoms with van der Waals surface area (Å²) in [6, 6.07) is 7.44. The molecule has 2 atom stereocenters. The number of halogens is 1. The molecule has 1 aromatic carbocycles. The highest BCUT2D eigenvalue weighted by Crippen LogP contribution is 2.58. The smallest absolute Gasteiger partial charge is 0.207 e. The highest BCUT2D eigenvalue weighted by atomic mass is 79.9. The maximum atomic E-state index is 13.5. The van der Waals surface area contributed by atoms with Crippen LogP contribution in [0.4, 0.5) is 0 Å². The van der Waals surface area contributed by atoms with E-state index < -0.39 is 11.8 Å². The number of carbonyl (C=O) groups excluding carboxylic acids is 4. The van der Waals surface area contributed by atoms with Crippen molar-refractivity contribution in [3.8, 4) is 0 Å². The standard InChI is InChI=1S/C23H16BrNO4/c1-2-9-25-21-20(24)22(28)18-14-10-5-3-4-6-11(10)15(19(18)23(21)29)17-13(27)8-7-12(26)16(14)17/h3-8,14-15,25H,2,9H2,1H3. The third-order valence-corrected chi connectivity index (χ3v) is 6.71. The average molecular weight is 450 g/mol. The molecule has 0 heterocycles. The molecule has 2 unspecified atom stereocenters. The van der Waals surface area contributed by atoms with E-state index in [1.807, 2.05) is 31.2 Å². The molecule has 0 saturated carbocycles. The molecule has 0 aromatic heterocycles. The quantitative estimate of drug-likeness (QED) is 0.717. The van der Waals surface area contributed by atoms with Gasteiger partial charge >= 0.3 is 0 Å². The number of benzene rings is 1. The number of rotatable bonds is 3. The molecule has 0 radical (unpaired) electrons. The molecule has 0 spiro atoms. The number of carbonyl (C=O) groups is 4. The summed E-state index contributed by atoms with van der Waals surface area (Å²) < 4.78 is 0.187. The molecule has 0 saturated heterocycles. The lowest BCUT2D eigenvalue weighted by Gasteiger charge is -2.44. The van der Waals surface area contributed by atoms with Gasteiger partial charge in [-0.2, -0.15) is 0 Å². The molecular weight excluding hydrogens is 434 g/mol. The minimum Gasteiger partial charge on any atom is -0.381 e. The van der Waals surface area contributed by atoms with E-state index in [1.165, 1.54) is 12.2 Å². The van der Waals surface area contributed by atoms with Gasteiger partial charge in [-0.25, -0.2) is 0 Å². The van der Waals surface area contributed by atoms with Gasteiger partial charge in [0.2, 0.25) is 5.78 Å². The van der Waals surface area contributed by atoms with E-state index in [0.717, 1.165) is 17.5 Å². The molecule has 5 aliphatic rings. The molecule has 6 heteroatoms. The normalized spacial score (nSPS) is 24.9. The minimum absolute atomic E-state index is 0.187. The van der Waals surface area contributed by atoms with Gasteiger partial charge in [-0.05, 0) is 45.6 Å². The Bertz CT molecular complexity index is 1180. The van der Waals surface area contributed by atoms with Crippen LogP contribution in [-0.4, -0.2) is 29.7 Å². The Balaban J connectivity index is 1.77. The van der Waals surface area contributed by atoms with E-state index in [0.29, 0.717) is 28.8 Å². The number of ketones is 4. The van der Waals surface area contributed by atoms with E-state index in [2.05, 4.69) is 21.2 Å². The summed E-state index contributed by atoms with van der Waals surface area (Å²) >= 11 is 3.31. The predicted octanol–water partition coefficient (Wildman–Crippen LogP) is 2.94. The molecule has 2 bridgehead atoms. The zero-order valence-corrected chi connectivity index (χ0v) is 17.1. The zero-order valence-electron chi connectivity index (χ0n) is 15.5. The summed E-state index contributed by atoms with van der Waals surface area (Å²) in [7, 11) is 0. The van der Waals surface area contributed by atoms with Crippen molar-refractivity contribution in [1.82, 2.24) is 5.32 Å². The number of Topliss-reactive ketones (excluding diaryl/α,β-unsaturated/α-hetero) is 2. The maximum Gasteiger partial charge on any atom is 0.207 e. The molecule has 0 aliphatic heterocycles. The topological polar surface area (TPSA) is 80.3 Å². The van der Waals surface area contributed by atoms with E-state index in [-0.39, 0.29) is 33.3 Å². The van der Waals surface area contributed by atoms with Gasteiger partial charge in [0.1, 0.15) is 5.70 Å². The largest absolute Gasteiger partial charge is 0.381 e. The molecule has 29 heavy (non-hydrogen) atoms. The Morgan fingerprint density at radius 3 is 1.86 bits per heavy atom. The van der Waals surface area contributed by atoms with Crippen LogP contribution >= 0.6 is 15.9 Å². The van der Waals surface area contributed by atoms with Crippen LogP contribution in [0.5, 0.6) is 0 Å². The van der Waals surface area contributed by atoms with E-state index in [4.69, 9.17) is 0 Å². The molecule has 5 nitrogen and oxygen atoms in total. The fraction of sp³-hybridized carbons (Fsp3) is 0.217. The van der Waals surface area contributed by atoms with Gasteiger partial charge in [0.05, 0.1) is 4.48 Å². The van der Waals surface area contributed by atoms with Crippen LogP contribution in [0.3, 0.4) is 0 Å². The van der Waals surface area contributed by atoms with E-state index in [9.17, 15) is 19.2 Å². The fourth-order valence-electron chi connectivity index (χ4n) is 4.83. The minimum atomic E-state index is -0.696. The van der Waals surface area contributed by atoms with Crippen LogP contribution < -0.4 is 5.32 Å². The van der Waals surface area contributed by atoms with Gasteiger partial charge in [0, 0.05) is 40.7 Å². The Morgan fingerprint density at radius 1 is 0.828 bits per heavy atom. The second-order valence-electron chi connectivity index (χ2n) is 7.49. The van der Waals surface area contributed by atoms with Crippen molar-refractivity contribution >= 4 is 39.1 Å². The second kappa shape index (κ2) is 6.32. The first-order valence-corrected chi connectivity index (χ1v) is 10.3. The van der Waals surface area contributed by atoms with Crippen molar-refractivity contribution in [2.45, 2.75) is 25.2 Å². The summed E-state index contributed by atoms with van der Waals surface area (Å²) in [5.74, 6) is -2.52. The lowest BCUT2D eigenvalue weighted by molar-refractivity contribution is -0.118. The first-order valence-electron chi connectivity index (χ1n) is 9.54. The Kier molecular flexibility index (Phi) is 3.96. The molecular formula is C23H16BrNO4. The third kappa shape index (κ3) is 2.26. The van der Waals surface area contributed by atoms with E-state index >= 15 is 0 Å². The lowest BCUT2D eigenvalue weighted by atomic mass is 9.56. The lowest BCUT2D eigenvalue weighted by Crippen LogP contribution is -2.43. The van der Waals surface area contributed by atoms with E-state index in [1.54, 1.807) is 0 Å². The second-order valence-corrected chi connectivity index (χ2v) is 8.28. The van der Waals surface area contributed by atoms with Crippen molar-refractivity contribution in [3.63, 3.8) is 0 Å². The summed E-state index contributed by atoms with van der Waals surface area (Å²) in [4.78, 5) is 52.4. The average Bonchev–Trinajstić information content (AvgIpc) is 2.74. The highest BCUT2D eigenvalue weighted by molar-refractivity contribution is 9.12. The number of hydrogen-bond acceptors (Lipinski definition) is 5. The molecule has 1 aromatic rings. The molecule has 0 amide bonds. The Labute approximate surface area is 175 Å². The van der Waals surface area contributed by atoms with Gasteiger partial charge < -0.3 is 5.32 Å². The van der Waals surface area contributed by atoms with Crippen molar-refractivity contribution in [3.05, 3.63) is 80.0 Å².